The molecule has 6 nitrogen and oxygen atoms in total. The maximum Gasteiger partial charge on any atom is 0.312 e. The van der Waals surface area contributed by atoms with Gasteiger partial charge in [0.25, 0.3) is 0 Å². The highest BCUT2D eigenvalue weighted by molar-refractivity contribution is 9.10. The first-order valence-corrected chi connectivity index (χ1v) is 7.34. The molecule has 0 aliphatic carbocycles. The zero-order chi connectivity index (χ0) is 16.3. The normalized spacial score (nSPS) is 13.0. The fourth-order valence-corrected chi connectivity index (χ4v) is 2.65. The van der Waals surface area contributed by atoms with Gasteiger partial charge >= 0.3 is 5.69 Å². The maximum absolute atomic E-state index is 10.9. The van der Waals surface area contributed by atoms with Gasteiger partial charge in [0.1, 0.15) is 0 Å². The third kappa shape index (κ3) is 4.65. The smallest absolute Gasteiger partial charge is 0.312 e. The van der Waals surface area contributed by atoms with Crippen molar-refractivity contribution in [1.82, 2.24) is 0 Å². The number of nitrogens with two attached hydrogens (primary N) is 1. The number of hydrogen-bond acceptors (Lipinski definition) is 5. The van der Waals surface area contributed by atoms with E-state index in [0.717, 1.165) is 5.56 Å². The van der Waals surface area contributed by atoms with Crippen LogP contribution >= 0.6 is 28.3 Å². The van der Waals surface area contributed by atoms with Crippen LogP contribution in [-0.2, 0) is 6.42 Å². The Labute approximate surface area is 147 Å². The summed E-state index contributed by atoms with van der Waals surface area (Å²) in [6.45, 7) is 0. The average molecular weight is 404 g/mol. The first-order valence-electron chi connectivity index (χ1n) is 6.54. The Balaban J connectivity index is 0.00000264. The second kappa shape index (κ2) is 8.26. The van der Waals surface area contributed by atoms with E-state index >= 15 is 0 Å². The summed E-state index contributed by atoms with van der Waals surface area (Å²) in [5, 5.41) is 31.2. The fraction of sp³-hybridized carbons (Fsp3) is 0.200. The Hall–Kier alpha value is -1.67. The van der Waals surface area contributed by atoms with Crippen LogP contribution < -0.4 is 5.73 Å². The highest BCUT2D eigenvalue weighted by atomic mass is 79.9. The Kier molecular flexibility index (Phi) is 6.96. The summed E-state index contributed by atoms with van der Waals surface area (Å²) < 4.78 is 0.411. The zero-order valence-corrected chi connectivity index (χ0v) is 14.3. The number of benzene rings is 2. The van der Waals surface area contributed by atoms with Crippen LogP contribution in [0, 0.1) is 10.1 Å². The molecule has 0 heterocycles. The molecule has 4 N–H and O–H groups in total. The van der Waals surface area contributed by atoms with Crippen LogP contribution in [-0.4, -0.2) is 21.2 Å². The molecule has 0 aliphatic heterocycles. The van der Waals surface area contributed by atoms with E-state index in [-0.39, 0.29) is 24.4 Å². The predicted molar refractivity (Wildman–Crippen MR) is 92.8 cm³/mol. The van der Waals surface area contributed by atoms with Gasteiger partial charge in [-0.25, -0.2) is 0 Å². The first kappa shape index (κ1) is 19.4. The number of aliphatic hydroxyl groups excluding tert-OH is 1. The monoisotopic (exact) mass is 402 g/mol. The van der Waals surface area contributed by atoms with Crippen LogP contribution in [0.4, 0.5) is 5.69 Å². The lowest BCUT2D eigenvalue weighted by atomic mass is 9.96. The van der Waals surface area contributed by atoms with Crippen LogP contribution in [0.15, 0.2) is 46.9 Å². The molecule has 2 aromatic carbocycles. The molecule has 2 aromatic rings. The van der Waals surface area contributed by atoms with Gasteiger partial charge in [-0.15, -0.1) is 12.4 Å². The lowest BCUT2D eigenvalue weighted by Gasteiger charge is -2.20. The molecule has 0 spiro atoms. The van der Waals surface area contributed by atoms with Crippen molar-refractivity contribution < 1.29 is 15.1 Å². The van der Waals surface area contributed by atoms with E-state index < -0.39 is 28.5 Å². The van der Waals surface area contributed by atoms with Crippen LogP contribution in [0.2, 0.25) is 0 Å². The van der Waals surface area contributed by atoms with Gasteiger partial charge in [0.2, 0.25) is 0 Å². The minimum atomic E-state index is -0.984. The van der Waals surface area contributed by atoms with Crippen molar-refractivity contribution in [3.8, 4) is 5.75 Å². The third-order valence-electron chi connectivity index (χ3n) is 3.34. The maximum atomic E-state index is 10.9. The molecule has 0 saturated carbocycles. The average Bonchev–Trinajstić information content (AvgIpc) is 2.49. The number of phenolic OH excluding ortho intramolecular Hbond substituents is 1. The number of phenols is 1. The second-order valence-electron chi connectivity index (χ2n) is 4.90. The number of aliphatic hydroxyl groups is 1. The van der Waals surface area contributed by atoms with Crippen LogP contribution in [0.3, 0.4) is 0 Å². The Morgan fingerprint density at radius 1 is 1.26 bits per heavy atom. The number of aromatic hydroxyl groups is 1. The number of nitro benzene ring substituents is 1. The van der Waals surface area contributed by atoms with E-state index in [1.165, 1.54) is 12.1 Å². The number of hydrogen-bond donors (Lipinski definition) is 3. The lowest BCUT2D eigenvalue weighted by molar-refractivity contribution is -0.386. The van der Waals surface area contributed by atoms with E-state index in [0.29, 0.717) is 4.47 Å². The molecular formula is C15H16BrClN2O4. The van der Waals surface area contributed by atoms with Crippen molar-refractivity contribution in [2.24, 2.45) is 5.73 Å². The summed E-state index contributed by atoms with van der Waals surface area (Å²) in [4.78, 5) is 10.2. The summed E-state index contributed by atoms with van der Waals surface area (Å²) in [5.74, 6) is -0.521. The number of nitro groups is 1. The van der Waals surface area contributed by atoms with Gasteiger partial charge in [0.05, 0.1) is 17.1 Å². The number of halogens is 2. The second-order valence-corrected chi connectivity index (χ2v) is 5.82. The molecule has 0 fully saturated rings. The molecule has 8 heteroatoms. The topological polar surface area (TPSA) is 110 Å². The van der Waals surface area contributed by atoms with Gasteiger partial charge in [0.15, 0.2) is 5.75 Å². The highest BCUT2D eigenvalue weighted by Gasteiger charge is 2.26. The number of nitrogens with zero attached hydrogens (tertiary/aromatic N) is 1. The molecule has 23 heavy (non-hydrogen) atoms. The first-order chi connectivity index (χ1) is 10.4. The molecule has 124 valence electrons. The van der Waals surface area contributed by atoms with E-state index in [4.69, 9.17) is 5.73 Å². The quantitative estimate of drug-likeness (QED) is 0.525. The number of rotatable bonds is 5. The van der Waals surface area contributed by atoms with E-state index in [1.807, 2.05) is 30.3 Å². The summed E-state index contributed by atoms with van der Waals surface area (Å²) in [7, 11) is 0. The molecule has 0 radical (unpaired) electrons. The molecule has 0 aliphatic rings. The van der Waals surface area contributed by atoms with E-state index in [2.05, 4.69) is 15.9 Å². The standard InChI is InChI=1S/C15H15BrN2O4.ClH/c16-10-7-11(15(20)12(8-10)18(21)22)14(17)13(19)6-9-4-2-1-3-5-9;/h1-5,7-8,13-14,19-20H,6,17H2;1H/t13-,14+;/m1./s1. The Morgan fingerprint density at radius 3 is 2.43 bits per heavy atom. The van der Waals surface area contributed by atoms with Gasteiger partial charge in [-0.1, -0.05) is 46.3 Å². The van der Waals surface area contributed by atoms with Crippen molar-refractivity contribution >= 4 is 34.0 Å². The minimum Gasteiger partial charge on any atom is -0.502 e. The molecule has 0 amide bonds. The van der Waals surface area contributed by atoms with Gasteiger partial charge in [0, 0.05) is 22.5 Å². The van der Waals surface area contributed by atoms with Gasteiger partial charge in [-0.3, -0.25) is 10.1 Å². The van der Waals surface area contributed by atoms with Crippen LogP contribution in [0.25, 0.3) is 0 Å². The van der Waals surface area contributed by atoms with Gasteiger partial charge in [-0.2, -0.15) is 0 Å². The molecule has 2 rings (SSSR count). The Bertz CT molecular complexity index is 685. The van der Waals surface area contributed by atoms with E-state index in [9.17, 15) is 20.3 Å². The third-order valence-corrected chi connectivity index (χ3v) is 3.80. The van der Waals surface area contributed by atoms with Crippen LogP contribution in [0.5, 0.6) is 5.75 Å². The minimum absolute atomic E-state index is 0. The van der Waals surface area contributed by atoms with Crippen LogP contribution in [0.1, 0.15) is 17.2 Å². The fourth-order valence-electron chi connectivity index (χ4n) is 2.19. The highest BCUT2D eigenvalue weighted by Crippen LogP contribution is 2.37. The molecular weight excluding hydrogens is 388 g/mol. The summed E-state index contributed by atoms with van der Waals surface area (Å²) in [6, 6.07) is 11.0. The predicted octanol–water partition coefficient (Wildman–Crippen LogP) is 3.09. The largest absolute Gasteiger partial charge is 0.502 e. The molecule has 0 bridgehead atoms. The van der Waals surface area contributed by atoms with E-state index in [1.54, 1.807) is 0 Å². The molecule has 0 aromatic heterocycles. The molecule has 2 atom stereocenters. The molecule has 0 unspecified atom stereocenters. The molecule has 0 saturated heterocycles. The van der Waals surface area contributed by atoms with Crippen molar-refractivity contribution in [2.45, 2.75) is 18.6 Å². The van der Waals surface area contributed by atoms with Gasteiger partial charge < -0.3 is 15.9 Å². The zero-order valence-electron chi connectivity index (χ0n) is 11.9. The SMILES string of the molecule is Cl.N[C@@H](c1cc(Br)cc([N+](=O)[O-])c1O)[C@H](O)Cc1ccccc1. The lowest BCUT2D eigenvalue weighted by Crippen LogP contribution is -2.28. The summed E-state index contributed by atoms with van der Waals surface area (Å²) in [5.41, 5.74) is 6.53. The van der Waals surface area contributed by atoms with Gasteiger partial charge in [-0.05, 0) is 11.6 Å². The Morgan fingerprint density at radius 2 is 1.87 bits per heavy atom. The summed E-state index contributed by atoms with van der Waals surface area (Å²) in [6.07, 6.45) is -0.705. The van der Waals surface area contributed by atoms with Crippen molar-refractivity contribution in [3.63, 3.8) is 0 Å². The van der Waals surface area contributed by atoms with Crippen molar-refractivity contribution in [1.29, 1.82) is 0 Å². The van der Waals surface area contributed by atoms with Crippen molar-refractivity contribution in [3.05, 3.63) is 68.2 Å². The summed E-state index contributed by atoms with van der Waals surface area (Å²) >= 11 is 3.15. The van der Waals surface area contributed by atoms with Crippen molar-refractivity contribution in [2.75, 3.05) is 0 Å².